The number of rotatable bonds is 2. The molecule has 1 aromatic carbocycles. The molecule has 1 saturated carbocycles. The molecule has 1 aromatic rings. The van der Waals surface area contributed by atoms with Gasteiger partial charge >= 0.3 is 11.9 Å². The van der Waals surface area contributed by atoms with Crippen molar-refractivity contribution < 1.29 is 19.1 Å². The molecule has 4 nitrogen and oxygen atoms in total. The van der Waals surface area contributed by atoms with Gasteiger partial charge in [0.2, 0.25) is 0 Å². The van der Waals surface area contributed by atoms with Gasteiger partial charge in [0, 0.05) is 5.92 Å². The van der Waals surface area contributed by atoms with E-state index < -0.39 is 17.4 Å². The van der Waals surface area contributed by atoms with Crippen LogP contribution in [0, 0.1) is 11.3 Å². The Hall–Kier alpha value is -2.10. The third kappa shape index (κ3) is 1.68. The van der Waals surface area contributed by atoms with Crippen LogP contribution in [0.4, 0.5) is 0 Å². The highest BCUT2D eigenvalue weighted by Gasteiger charge is 2.63. The first kappa shape index (κ1) is 13.9. The minimum atomic E-state index is -1.29. The molecular weight excluding hydrogens is 268 g/mol. The van der Waals surface area contributed by atoms with Gasteiger partial charge in [0.1, 0.15) is 0 Å². The zero-order valence-electron chi connectivity index (χ0n) is 12.2. The lowest BCUT2D eigenvalue weighted by Crippen LogP contribution is -2.43. The molecule has 0 amide bonds. The molecular formula is C17H18O4. The first-order valence-electron chi connectivity index (χ1n) is 6.99. The molecule has 0 unspecified atom stereocenters. The fourth-order valence-electron chi connectivity index (χ4n) is 3.98. The summed E-state index contributed by atoms with van der Waals surface area (Å²) in [6.07, 6.45) is 1.21. The van der Waals surface area contributed by atoms with Crippen molar-refractivity contribution in [3.05, 3.63) is 47.5 Å². The van der Waals surface area contributed by atoms with E-state index in [0.717, 1.165) is 17.6 Å². The summed E-state index contributed by atoms with van der Waals surface area (Å²) in [6.45, 7) is 4.15. The molecule has 2 bridgehead atoms. The van der Waals surface area contributed by atoms with Crippen LogP contribution in [0.1, 0.15) is 23.5 Å². The van der Waals surface area contributed by atoms with Crippen molar-refractivity contribution in [3.63, 3.8) is 0 Å². The predicted octanol–water partition coefficient (Wildman–Crippen LogP) is 2.23. The van der Waals surface area contributed by atoms with Gasteiger partial charge < -0.3 is 9.47 Å². The molecule has 2 aliphatic rings. The van der Waals surface area contributed by atoms with Gasteiger partial charge in [-0.1, -0.05) is 36.4 Å². The molecule has 3 rings (SSSR count). The topological polar surface area (TPSA) is 52.6 Å². The maximum atomic E-state index is 12.5. The van der Waals surface area contributed by atoms with Crippen LogP contribution in [0.25, 0.3) is 0 Å². The number of hydrogen-bond donors (Lipinski definition) is 0. The van der Waals surface area contributed by atoms with E-state index in [-0.39, 0.29) is 11.8 Å². The lowest BCUT2D eigenvalue weighted by Gasteiger charge is -2.32. The smallest absolute Gasteiger partial charge is 0.324 e. The van der Waals surface area contributed by atoms with Crippen LogP contribution in [-0.4, -0.2) is 26.2 Å². The van der Waals surface area contributed by atoms with Gasteiger partial charge in [-0.25, -0.2) is 0 Å². The Morgan fingerprint density at radius 3 is 2.43 bits per heavy atom. The van der Waals surface area contributed by atoms with Crippen LogP contribution in [-0.2, 0) is 25.5 Å². The molecule has 0 N–H and O–H groups in total. The van der Waals surface area contributed by atoms with Crippen LogP contribution in [0.3, 0.4) is 0 Å². The minimum Gasteiger partial charge on any atom is -0.468 e. The van der Waals surface area contributed by atoms with Crippen molar-refractivity contribution in [2.45, 2.75) is 18.8 Å². The largest absolute Gasteiger partial charge is 0.468 e. The van der Waals surface area contributed by atoms with Gasteiger partial charge in [0.05, 0.1) is 14.2 Å². The van der Waals surface area contributed by atoms with E-state index in [1.54, 1.807) is 0 Å². The number of esters is 2. The van der Waals surface area contributed by atoms with E-state index in [2.05, 4.69) is 6.58 Å². The number of hydrogen-bond acceptors (Lipinski definition) is 4. The lowest BCUT2D eigenvalue weighted by molar-refractivity contribution is -0.169. The molecule has 0 aromatic heterocycles. The number of allylic oxidation sites excluding steroid dienone is 1. The Balaban J connectivity index is 2.22. The van der Waals surface area contributed by atoms with Crippen LogP contribution in [0.5, 0.6) is 0 Å². The molecule has 4 heteroatoms. The molecule has 110 valence electrons. The van der Waals surface area contributed by atoms with E-state index in [4.69, 9.17) is 9.47 Å². The maximum Gasteiger partial charge on any atom is 0.324 e. The summed E-state index contributed by atoms with van der Waals surface area (Å²) < 4.78 is 9.90. The van der Waals surface area contributed by atoms with E-state index in [0.29, 0.717) is 6.42 Å². The normalized spacial score (nSPS) is 25.1. The summed E-state index contributed by atoms with van der Waals surface area (Å²) in [6, 6.07) is 7.91. The summed E-state index contributed by atoms with van der Waals surface area (Å²) in [5.74, 6) is -1.30. The molecule has 0 spiro atoms. The van der Waals surface area contributed by atoms with Gasteiger partial charge in [-0.2, -0.15) is 0 Å². The second-order valence-corrected chi connectivity index (χ2v) is 5.77. The summed E-state index contributed by atoms with van der Waals surface area (Å²) in [5, 5.41) is 0. The van der Waals surface area contributed by atoms with Crippen molar-refractivity contribution in [3.8, 4) is 0 Å². The van der Waals surface area contributed by atoms with Crippen molar-refractivity contribution in [2.24, 2.45) is 11.3 Å². The first-order valence-corrected chi connectivity index (χ1v) is 6.99. The van der Waals surface area contributed by atoms with E-state index >= 15 is 0 Å². The number of ether oxygens (including phenoxy) is 2. The first-order chi connectivity index (χ1) is 10.1. The average molecular weight is 286 g/mol. The Morgan fingerprint density at radius 2 is 1.81 bits per heavy atom. The van der Waals surface area contributed by atoms with Gasteiger partial charge in [0.25, 0.3) is 0 Å². The molecule has 0 heterocycles. The SMILES string of the molecule is C=C1[C@H]2Cc3ccccc3[C@@H]1C(C(=O)OC)(C(=O)OC)C2. The zero-order chi connectivity index (χ0) is 15.2. The second-order valence-electron chi connectivity index (χ2n) is 5.77. The number of benzene rings is 1. The fraction of sp³-hybridized carbons (Fsp3) is 0.412. The fourth-order valence-corrected chi connectivity index (χ4v) is 3.98. The zero-order valence-corrected chi connectivity index (χ0v) is 12.2. The third-order valence-corrected chi connectivity index (χ3v) is 4.89. The van der Waals surface area contributed by atoms with E-state index in [1.165, 1.54) is 19.8 Å². The van der Waals surface area contributed by atoms with E-state index in [9.17, 15) is 9.59 Å². The predicted molar refractivity (Wildman–Crippen MR) is 76.6 cm³/mol. The second kappa shape index (κ2) is 4.72. The Bertz CT molecular complexity index is 615. The van der Waals surface area contributed by atoms with Crippen LogP contribution >= 0.6 is 0 Å². The number of carbonyl (C=O) groups excluding carboxylic acids is 2. The van der Waals surface area contributed by atoms with Gasteiger partial charge in [-0.15, -0.1) is 0 Å². The van der Waals surface area contributed by atoms with Crippen molar-refractivity contribution >= 4 is 11.9 Å². The average Bonchev–Trinajstić information content (AvgIpc) is 2.70. The van der Waals surface area contributed by atoms with Crippen molar-refractivity contribution in [1.82, 2.24) is 0 Å². The third-order valence-electron chi connectivity index (χ3n) is 4.89. The number of methoxy groups -OCH3 is 2. The number of carbonyl (C=O) groups is 2. The number of fused-ring (bicyclic) bond motifs is 4. The lowest BCUT2D eigenvalue weighted by atomic mass is 9.71. The van der Waals surface area contributed by atoms with Gasteiger partial charge in [0.15, 0.2) is 5.41 Å². The Kier molecular flexibility index (Phi) is 3.12. The summed E-state index contributed by atoms with van der Waals surface area (Å²) in [5.41, 5.74) is 1.81. The Labute approximate surface area is 123 Å². The quantitative estimate of drug-likeness (QED) is 0.475. The molecule has 21 heavy (non-hydrogen) atoms. The van der Waals surface area contributed by atoms with Gasteiger partial charge in [-0.05, 0) is 29.9 Å². The molecule has 2 aliphatic carbocycles. The Morgan fingerprint density at radius 1 is 1.19 bits per heavy atom. The molecule has 0 aliphatic heterocycles. The van der Waals surface area contributed by atoms with Crippen molar-refractivity contribution in [2.75, 3.05) is 14.2 Å². The van der Waals surface area contributed by atoms with Crippen LogP contribution in [0.15, 0.2) is 36.4 Å². The van der Waals surface area contributed by atoms with Gasteiger partial charge in [-0.3, -0.25) is 9.59 Å². The van der Waals surface area contributed by atoms with Crippen molar-refractivity contribution in [1.29, 1.82) is 0 Å². The highest BCUT2D eigenvalue weighted by atomic mass is 16.5. The minimum absolute atomic E-state index is 0.114. The standard InChI is InChI=1S/C17H18O4/c1-10-12-8-11-6-4-5-7-13(11)14(10)17(9-12,15(18)20-2)16(19)21-3/h4-7,12,14H,1,8-9H2,2-3H3/t12-,14+/m0/s1. The van der Waals surface area contributed by atoms with Crippen LogP contribution < -0.4 is 0 Å². The van der Waals surface area contributed by atoms with E-state index in [1.807, 2.05) is 24.3 Å². The summed E-state index contributed by atoms with van der Waals surface area (Å²) in [4.78, 5) is 24.9. The summed E-state index contributed by atoms with van der Waals surface area (Å²) in [7, 11) is 2.62. The summed E-state index contributed by atoms with van der Waals surface area (Å²) >= 11 is 0. The molecule has 1 fully saturated rings. The monoisotopic (exact) mass is 286 g/mol. The highest BCUT2D eigenvalue weighted by molar-refractivity contribution is 6.03. The maximum absolute atomic E-state index is 12.5. The molecule has 0 radical (unpaired) electrons. The van der Waals surface area contributed by atoms with Crippen LogP contribution in [0.2, 0.25) is 0 Å². The highest BCUT2D eigenvalue weighted by Crippen LogP contribution is 2.60. The molecule has 0 saturated heterocycles. The molecule has 2 atom stereocenters.